The van der Waals surface area contributed by atoms with Crippen molar-refractivity contribution in [1.82, 2.24) is 15.0 Å². The Kier molecular flexibility index (Phi) is 7.71. The van der Waals surface area contributed by atoms with Crippen LogP contribution in [0.1, 0.15) is 31.2 Å². The highest BCUT2D eigenvalue weighted by molar-refractivity contribution is 6.30. The maximum absolute atomic E-state index is 12.0. The molecule has 0 spiro atoms. The van der Waals surface area contributed by atoms with Crippen LogP contribution in [-0.4, -0.2) is 39.0 Å². The predicted octanol–water partition coefficient (Wildman–Crippen LogP) is 4.92. The first-order valence-electron chi connectivity index (χ1n) is 11.2. The van der Waals surface area contributed by atoms with Gasteiger partial charge in [-0.05, 0) is 61.6 Å². The summed E-state index contributed by atoms with van der Waals surface area (Å²) in [5, 5.41) is 15.6. The second-order valence-corrected chi connectivity index (χ2v) is 8.75. The van der Waals surface area contributed by atoms with Crippen molar-refractivity contribution >= 4 is 40.7 Å². The number of hydrogen-bond donors (Lipinski definition) is 1. The zero-order chi connectivity index (χ0) is 24.8. The number of anilines is 3. The van der Waals surface area contributed by atoms with Gasteiger partial charge in [0, 0.05) is 35.7 Å². The molecule has 35 heavy (non-hydrogen) atoms. The van der Waals surface area contributed by atoms with Crippen molar-refractivity contribution in [2.45, 2.75) is 38.3 Å². The van der Waals surface area contributed by atoms with Crippen LogP contribution >= 0.6 is 11.6 Å². The molecule has 1 aliphatic carbocycles. The highest BCUT2D eigenvalue weighted by atomic mass is 35.5. The van der Waals surface area contributed by atoms with E-state index in [2.05, 4.69) is 20.3 Å². The topological polar surface area (TPSA) is 123 Å². The SMILES string of the molecule is COC(=O)C1CCC(N(Cc2cccnc2)c2nc(Nc3ccc(Cl)cc3)ncc2[N+](=O)[O-])CC1. The maximum atomic E-state index is 12.0. The molecule has 4 rings (SSSR count). The van der Waals surface area contributed by atoms with Crippen molar-refractivity contribution in [3.8, 4) is 0 Å². The third-order valence-electron chi connectivity index (χ3n) is 6.07. The van der Waals surface area contributed by atoms with E-state index in [1.54, 1.807) is 36.7 Å². The molecule has 0 unspecified atom stereocenters. The fraction of sp³-hybridized carbons (Fsp3) is 0.333. The largest absolute Gasteiger partial charge is 0.469 e. The number of nitro groups is 1. The molecule has 11 heteroatoms. The van der Waals surface area contributed by atoms with E-state index in [0.29, 0.717) is 42.9 Å². The normalized spacial score (nSPS) is 17.4. The average molecular weight is 497 g/mol. The zero-order valence-corrected chi connectivity index (χ0v) is 19.9. The standard InChI is InChI=1S/C24H25ClN6O4/c1-35-23(32)17-4-10-20(11-5-17)30(15-16-3-2-12-26-13-16)22-21(31(33)34)14-27-24(29-22)28-19-8-6-18(25)7-9-19/h2-3,6-9,12-14,17,20H,4-5,10-11,15H2,1H3,(H,27,28,29). The fourth-order valence-corrected chi connectivity index (χ4v) is 4.41. The molecule has 1 aromatic carbocycles. The van der Waals surface area contributed by atoms with E-state index in [-0.39, 0.29) is 35.4 Å². The Hall–Kier alpha value is -3.79. The van der Waals surface area contributed by atoms with Crippen LogP contribution in [0.15, 0.2) is 55.0 Å². The lowest BCUT2D eigenvalue weighted by molar-refractivity contribution is -0.384. The third-order valence-corrected chi connectivity index (χ3v) is 6.32. The Morgan fingerprint density at radius 2 is 1.94 bits per heavy atom. The van der Waals surface area contributed by atoms with Crippen molar-refractivity contribution in [2.75, 3.05) is 17.3 Å². The summed E-state index contributed by atoms with van der Waals surface area (Å²) in [6.45, 7) is 0.375. The number of nitrogens with zero attached hydrogens (tertiary/aromatic N) is 5. The summed E-state index contributed by atoms with van der Waals surface area (Å²) < 4.78 is 4.91. The fourth-order valence-electron chi connectivity index (χ4n) is 4.28. The third kappa shape index (κ3) is 6.02. The monoisotopic (exact) mass is 496 g/mol. The quantitative estimate of drug-likeness (QED) is 0.263. The van der Waals surface area contributed by atoms with Crippen LogP contribution in [0.3, 0.4) is 0 Å². The smallest absolute Gasteiger partial charge is 0.329 e. The summed E-state index contributed by atoms with van der Waals surface area (Å²) >= 11 is 5.96. The van der Waals surface area contributed by atoms with Crippen molar-refractivity contribution in [1.29, 1.82) is 0 Å². The van der Waals surface area contributed by atoms with Gasteiger partial charge in [-0.2, -0.15) is 4.98 Å². The molecule has 2 aromatic heterocycles. The van der Waals surface area contributed by atoms with Crippen LogP contribution in [0, 0.1) is 16.0 Å². The van der Waals surface area contributed by atoms with Gasteiger partial charge in [0.05, 0.1) is 18.0 Å². The number of halogens is 1. The minimum Gasteiger partial charge on any atom is -0.469 e. The molecule has 182 valence electrons. The molecule has 0 bridgehead atoms. The predicted molar refractivity (Wildman–Crippen MR) is 132 cm³/mol. The van der Waals surface area contributed by atoms with Crippen LogP contribution in [0.5, 0.6) is 0 Å². The van der Waals surface area contributed by atoms with E-state index in [1.165, 1.54) is 13.3 Å². The van der Waals surface area contributed by atoms with Crippen molar-refractivity contribution in [3.63, 3.8) is 0 Å². The Bertz CT molecular complexity index is 1170. The van der Waals surface area contributed by atoms with Crippen LogP contribution < -0.4 is 10.2 Å². The number of hydrogen-bond acceptors (Lipinski definition) is 9. The number of rotatable bonds is 8. The zero-order valence-electron chi connectivity index (χ0n) is 19.1. The van der Waals surface area contributed by atoms with Crippen molar-refractivity contribution in [3.05, 3.63) is 75.7 Å². The second-order valence-electron chi connectivity index (χ2n) is 8.31. The number of methoxy groups -OCH3 is 1. The van der Waals surface area contributed by atoms with E-state index in [1.807, 2.05) is 17.0 Å². The number of esters is 1. The number of carbonyl (C=O) groups is 1. The number of nitrogens with one attached hydrogen (secondary N) is 1. The van der Waals surface area contributed by atoms with Crippen LogP contribution in [0.2, 0.25) is 5.02 Å². The maximum Gasteiger partial charge on any atom is 0.329 e. The number of carbonyl (C=O) groups excluding carboxylic acids is 1. The lowest BCUT2D eigenvalue weighted by Gasteiger charge is -2.36. The van der Waals surface area contributed by atoms with Gasteiger partial charge in [0.25, 0.3) is 0 Å². The van der Waals surface area contributed by atoms with E-state index in [0.717, 1.165) is 5.56 Å². The highest BCUT2D eigenvalue weighted by Crippen LogP contribution is 2.36. The van der Waals surface area contributed by atoms with Crippen molar-refractivity contribution in [2.24, 2.45) is 5.92 Å². The van der Waals surface area contributed by atoms with Gasteiger partial charge in [-0.25, -0.2) is 4.98 Å². The van der Waals surface area contributed by atoms with Crippen LogP contribution in [0.4, 0.5) is 23.1 Å². The molecule has 0 atom stereocenters. The second kappa shape index (κ2) is 11.1. The molecule has 0 radical (unpaired) electrons. The van der Waals surface area contributed by atoms with Gasteiger partial charge < -0.3 is 15.0 Å². The molecule has 10 nitrogen and oxygen atoms in total. The van der Waals surface area contributed by atoms with E-state index < -0.39 is 4.92 Å². The van der Waals surface area contributed by atoms with Gasteiger partial charge >= 0.3 is 11.7 Å². The minimum atomic E-state index is -0.474. The molecule has 0 saturated heterocycles. The summed E-state index contributed by atoms with van der Waals surface area (Å²) in [7, 11) is 1.39. The Balaban J connectivity index is 1.68. The first-order valence-corrected chi connectivity index (χ1v) is 11.6. The Morgan fingerprint density at radius 3 is 2.57 bits per heavy atom. The number of aromatic nitrogens is 3. The summed E-state index contributed by atoms with van der Waals surface area (Å²) in [5.74, 6) is 0.0583. The minimum absolute atomic E-state index is 0.0619. The Morgan fingerprint density at radius 1 is 1.20 bits per heavy atom. The molecule has 3 aromatic rings. The van der Waals surface area contributed by atoms with Crippen LogP contribution in [0.25, 0.3) is 0 Å². The van der Waals surface area contributed by atoms with Crippen LogP contribution in [-0.2, 0) is 16.1 Å². The molecule has 2 heterocycles. The molecule has 1 saturated carbocycles. The molecule has 0 amide bonds. The van der Waals surface area contributed by atoms with E-state index >= 15 is 0 Å². The molecule has 1 N–H and O–H groups in total. The lowest BCUT2D eigenvalue weighted by atomic mass is 9.85. The van der Waals surface area contributed by atoms with Gasteiger partial charge in [-0.3, -0.25) is 19.9 Å². The van der Waals surface area contributed by atoms with Gasteiger partial charge in [-0.1, -0.05) is 17.7 Å². The van der Waals surface area contributed by atoms with E-state index in [9.17, 15) is 14.9 Å². The van der Waals surface area contributed by atoms with Gasteiger partial charge in [0.1, 0.15) is 6.20 Å². The number of ether oxygens (including phenoxy) is 1. The van der Waals surface area contributed by atoms with Gasteiger partial charge in [0.2, 0.25) is 11.8 Å². The summed E-state index contributed by atoms with van der Waals surface area (Å²) in [4.78, 5) is 38.3. The molecule has 1 fully saturated rings. The summed E-state index contributed by atoms with van der Waals surface area (Å²) in [5.41, 5.74) is 1.40. The molecular weight excluding hydrogens is 472 g/mol. The van der Waals surface area contributed by atoms with Crippen molar-refractivity contribution < 1.29 is 14.5 Å². The lowest BCUT2D eigenvalue weighted by Crippen LogP contribution is -2.40. The number of benzene rings is 1. The molecule has 1 aliphatic rings. The first kappa shape index (κ1) is 24.3. The first-order chi connectivity index (χ1) is 16.9. The highest BCUT2D eigenvalue weighted by Gasteiger charge is 2.34. The summed E-state index contributed by atoms with van der Waals surface area (Å²) in [6, 6.07) is 10.7. The average Bonchev–Trinajstić information content (AvgIpc) is 2.89. The summed E-state index contributed by atoms with van der Waals surface area (Å²) in [6.07, 6.45) is 7.23. The van der Waals surface area contributed by atoms with E-state index in [4.69, 9.17) is 16.3 Å². The molecular formula is C24H25ClN6O4. The Labute approximate surface area is 207 Å². The van der Waals surface area contributed by atoms with Gasteiger partial charge in [-0.15, -0.1) is 0 Å². The molecule has 0 aliphatic heterocycles. The number of pyridine rings is 1. The van der Waals surface area contributed by atoms with Gasteiger partial charge in [0.15, 0.2) is 0 Å².